The molecule has 1 unspecified atom stereocenters. The van der Waals surface area contributed by atoms with Gasteiger partial charge in [-0.1, -0.05) is 60.3 Å². The zero-order chi connectivity index (χ0) is 21.9. The first-order chi connectivity index (χ1) is 15.7. The summed E-state index contributed by atoms with van der Waals surface area (Å²) in [7, 11) is 0. The van der Waals surface area contributed by atoms with Crippen molar-refractivity contribution in [3.05, 3.63) is 76.9 Å². The zero-order valence-corrected chi connectivity index (χ0v) is 18.7. The summed E-state index contributed by atoms with van der Waals surface area (Å²) in [5, 5.41) is 21.5. The third-order valence-corrected chi connectivity index (χ3v) is 7.11. The molecule has 1 saturated carbocycles. The van der Waals surface area contributed by atoms with Crippen LogP contribution >= 0.6 is 23.1 Å². The SMILES string of the molecule is N#CC(C(=O)CSc1nnc(C2CC2)n1-c1ccccc1)c1nc(-c2ccccc2)cs1. The largest absolute Gasteiger partial charge is 0.297 e. The molecule has 0 N–H and O–H groups in total. The van der Waals surface area contributed by atoms with Crippen molar-refractivity contribution in [2.75, 3.05) is 5.75 Å². The second kappa shape index (κ2) is 9.07. The molecule has 0 bridgehead atoms. The highest BCUT2D eigenvalue weighted by molar-refractivity contribution is 7.99. The minimum absolute atomic E-state index is 0.133. The molecule has 1 aliphatic rings. The Hall–Kier alpha value is -3.28. The van der Waals surface area contributed by atoms with Gasteiger partial charge in [-0.3, -0.25) is 9.36 Å². The van der Waals surface area contributed by atoms with Crippen molar-refractivity contribution in [3.63, 3.8) is 0 Å². The van der Waals surface area contributed by atoms with Gasteiger partial charge in [0.05, 0.1) is 17.5 Å². The van der Waals surface area contributed by atoms with Gasteiger partial charge < -0.3 is 0 Å². The molecule has 0 saturated heterocycles. The number of carbonyl (C=O) groups is 1. The molecule has 2 aromatic carbocycles. The molecule has 8 heteroatoms. The predicted octanol–water partition coefficient (Wildman–Crippen LogP) is 5.24. The van der Waals surface area contributed by atoms with Gasteiger partial charge >= 0.3 is 0 Å². The molecule has 1 fully saturated rings. The van der Waals surface area contributed by atoms with Crippen LogP contribution in [0.15, 0.2) is 71.2 Å². The second-order valence-electron chi connectivity index (χ2n) is 7.54. The molecular formula is C24H19N5OS2. The molecule has 0 spiro atoms. The smallest absolute Gasteiger partial charge is 0.196 e. The summed E-state index contributed by atoms with van der Waals surface area (Å²) in [5.74, 6) is 0.429. The molecule has 0 radical (unpaired) electrons. The lowest BCUT2D eigenvalue weighted by atomic mass is 10.1. The van der Waals surface area contributed by atoms with E-state index in [0.717, 1.165) is 35.6 Å². The van der Waals surface area contributed by atoms with E-state index in [1.165, 1.54) is 23.1 Å². The lowest BCUT2D eigenvalue weighted by Crippen LogP contribution is -2.14. The molecule has 1 aliphatic carbocycles. The van der Waals surface area contributed by atoms with Crippen LogP contribution in [0, 0.1) is 11.3 Å². The lowest BCUT2D eigenvalue weighted by Gasteiger charge is -2.10. The Morgan fingerprint density at radius 3 is 2.53 bits per heavy atom. The van der Waals surface area contributed by atoms with Crippen molar-refractivity contribution in [1.29, 1.82) is 5.26 Å². The van der Waals surface area contributed by atoms with E-state index >= 15 is 0 Å². The van der Waals surface area contributed by atoms with Gasteiger partial charge in [-0.15, -0.1) is 21.5 Å². The van der Waals surface area contributed by atoms with Gasteiger partial charge in [0, 0.05) is 22.5 Å². The van der Waals surface area contributed by atoms with Crippen molar-refractivity contribution in [2.45, 2.75) is 29.8 Å². The van der Waals surface area contributed by atoms with Crippen LogP contribution in [0.5, 0.6) is 0 Å². The number of carbonyl (C=O) groups excluding carboxylic acids is 1. The number of thioether (sulfide) groups is 1. The summed E-state index contributed by atoms with van der Waals surface area (Å²) < 4.78 is 2.04. The predicted molar refractivity (Wildman–Crippen MR) is 125 cm³/mol. The highest BCUT2D eigenvalue weighted by atomic mass is 32.2. The Morgan fingerprint density at radius 1 is 1.12 bits per heavy atom. The van der Waals surface area contributed by atoms with E-state index in [4.69, 9.17) is 0 Å². The fourth-order valence-electron chi connectivity index (χ4n) is 3.45. The number of rotatable bonds is 8. The normalized spacial score (nSPS) is 14.1. The quantitative estimate of drug-likeness (QED) is 0.337. The maximum Gasteiger partial charge on any atom is 0.196 e. The van der Waals surface area contributed by atoms with E-state index in [1.54, 1.807) is 0 Å². The van der Waals surface area contributed by atoms with Gasteiger partial charge in [0.2, 0.25) is 0 Å². The Bertz CT molecular complexity index is 1270. The summed E-state index contributed by atoms with van der Waals surface area (Å²) >= 11 is 2.67. The number of para-hydroxylation sites is 1. The van der Waals surface area contributed by atoms with Crippen molar-refractivity contribution >= 4 is 28.9 Å². The fourth-order valence-corrected chi connectivity index (χ4v) is 5.20. The molecule has 4 aromatic rings. The second-order valence-corrected chi connectivity index (χ2v) is 9.37. The average molecular weight is 458 g/mol. The van der Waals surface area contributed by atoms with Crippen LogP contribution in [0.1, 0.15) is 35.5 Å². The molecular weight excluding hydrogens is 438 g/mol. The summed E-state index contributed by atoms with van der Waals surface area (Å²) in [6, 6.07) is 21.8. The van der Waals surface area contributed by atoms with Crippen LogP contribution in [0.3, 0.4) is 0 Å². The Morgan fingerprint density at radius 2 is 1.84 bits per heavy atom. The number of benzene rings is 2. The topological polar surface area (TPSA) is 84.5 Å². The van der Waals surface area contributed by atoms with Crippen molar-refractivity contribution < 1.29 is 4.79 Å². The number of aromatic nitrogens is 4. The Balaban J connectivity index is 1.34. The van der Waals surface area contributed by atoms with E-state index in [9.17, 15) is 10.1 Å². The van der Waals surface area contributed by atoms with Crippen LogP contribution in [0.2, 0.25) is 0 Å². The molecule has 1 atom stereocenters. The van der Waals surface area contributed by atoms with Crippen molar-refractivity contribution in [1.82, 2.24) is 19.7 Å². The molecule has 6 nitrogen and oxygen atoms in total. The molecule has 158 valence electrons. The third kappa shape index (κ3) is 4.22. The van der Waals surface area contributed by atoms with E-state index in [-0.39, 0.29) is 11.5 Å². The molecule has 2 aromatic heterocycles. The monoisotopic (exact) mass is 457 g/mol. The number of nitriles is 1. The minimum Gasteiger partial charge on any atom is -0.297 e. The number of hydrogen-bond donors (Lipinski definition) is 0. The molecule has 0 amide bonds. The maximum absolute atomic E-state index is 13.0. The number of thiazole rings is 1. The highest BCUT2D eigenvalue weighted by Gasteiger charge is 2.31. The lowest BCUT2D eigenvalue weighted by molar-refractivity contribution is -0.116. The van der Waals surface area contributed by atoms with Crippen LogP contribution in [-0.2, 0) is 4.79 Å². The van der Waals surface area contributed by atoms with Gasteiger partial charge in [0.1, 0.15) is 10.8 Å². The first-order valence-corrected chi connectivity index (χ1v) is 12.2. The molecule has 5 rings (SSSR count). The first-order valence-electron chi connectivity index (χ1n) is 10.3. The van der Waals surface area contributed by atoms with Gasteiger partial charge in [-0.25, -0.2) is 4.98 Å². The molecule has 0 aliphatic heterocycles. The summed E-state index contributed by atoms with van der Waals surface area (Å²) in [6.45, 7) is 0. The van der Waals surface area contributed by atoms with Crippen molar-refractivity contribution in [3.8, 4) is 23.0 Å². The summed E-state index contributed by atoms with van der Waals surface area (Å²) in [5.41, 5.74) is 2.74. The standard InChI is InChI=1S/C24H19N5OS2/c25-13-19(23-26-20(14-31-23)16-7-3-1-4-8-16)21(30)15-32-24-28-27-22(17-11-12-17)29(24)18-9-5-2-6-10-18/h1-10,14,17,19H,11-12,15H2. The first kappa shape index (κ1) is 20.6. The van der Waals surface area contributed by atoms with Crippen LogP contribution in [0.25, 0.3) is 16.9 Å². The number of hydrogen-bond acceptors (Lipinski definition) is 7. The number of Topliss-reactive ketones (excluding diaryl/α,β-unsaturated/α-hetero) is 1. The fraction of sp³-hybridized carbons (Fsp3) is 0.208. The third-order valence-electron chi connectivity index (χ3n) is 5.25. The van der Waals surface area contributed by atoms with Gasteiger partial charge in [-0.2, -0.15) is 5.26 Å². The van der Waals surface area contributed by atoms with E-state index in [0.29, 0.717) is 16.1 Å². The van der Waals surface area contributed by atoms with Gasteiger partial charge in [-0.05, 0) is 25.0 Å². The zero-order valence-electron chi connectivity index (χ0n) is 17.1. The van der Waals surface area contributed by atoms with Gasteiger partial charge in [0.15, 0.2) is 16.9 Å². The molecule has 2 heterocycles. The van der Waals surface area contributed by atoms with Crippen LogP contribution < -0.4 is 0 Å². The minimum atomic E-state index is -0.888. The maximum atomic E-state index is 13.0. The Kier molecular flexibility index (Phi) is 5.84. The molecule has 32 heavy (non-hydrogen) atoms. The van der Waals surface area contributed by atoms with Crippen molar-refractivity contribution in [2.24, 2.45) is 0 Å². The van der Waals surface area contributed by atoms with Crippen LogP contribution in [-0.4, -0.2) is 31.3 Å². The number of ketones is 1. The van der Waals surface area contributed by atoms with E-state index < -0.39 is 5.92 Å². The average Bonchev–Trinajstić information content (AvgIpc) is 3.41. The van der Waals surface area contributed by atoms with Gasteiger partial charge in [0.25, 0.3) is 0 Å². The van der Waals surface area contributed by atoms with E-state index in [1.807, 2.05) is 70.6 Å². The van der Waals surface area contributed by atoms with Crippen LogP contribution in [0.4, 0.5) is 0 Å². The number of nitrogens with zero attached hydrogens (tertiary/aromatic N) is 5. The summed E-state index contributed by atoms with van der Waals surface area (Å²) in [6.07, 6.45) is 2.22. The summed E-state index contributed by atoms with van der Waals surface area (Å²) in [4.78, 5) is 17.5. The van der Waals surface area contributed by atoms with E-state index in [2.05, 4.69) is 21.3 Å². The highest BCUT2D eigenvalue weighted by Crippen LogP contribution is 2.41. The Labute approximate surface area is 194 Å².